The van der Waals surface area contributed by atoms with Crippen LogP contribution in [0, 0.1) is 0 Å². The third-order valence-electron chi connectivity index (χ3n) is 1.99. The molecule has 0 unspecified atom stereocenters. The lowest BCUT2D eigenvalue weighted by Gasteiger charge is -1.95. The first kappa shape index (κ1) is 10.5. The van der Waals surface area contributed by atoms with Crippen LogP contribution in [0.25, 0.3) is 11.1 Å². The molecule has 1 aromatic carbocycles. The average Bonchev–Trinajstić information content (AvgIpc) is 2.70. The molecule has 0 spiro atoms. The minimum Gasteiger partial charge on any atom is -0.431 e. The molecule has 15 heavy (non-hydrogen) atoms. The van der Waals surface area contributed by atoms with Gasteiger partial charge >= 0.3 is 0 Å². The number of hydrogen-bond donors (Lipinski definition) is 0. The Morgan fingerprint density at radius 1 is 1.60 bits per heavy atom. The number of rotatable bonds is 3. The second-order valence-electron chi connectivity index (χ2n) is 2.89. The summed E-state index contributed by atoms with van der Waals surface area (Å²) in [6.07, 6.45) is 1.87. The fraction of sp³-hybridized carbons (Fsp3) is 0.200. The van der Waals surface area contributed by atoms with Gasteiger partial charge in [0, 0.05) is 0 Å². The summed E-state index contributed by atoms with van der Waals surface area (Å²) in [5.74, 6) is -0.194. The highest BCUT2D eigenvalue weighted by Crippen LogP contribution is 2.24. The molecule has 0 fully saturated rings. The zero-order valence-electron chi connectivity index (χ0n) is 7.99. The van der Waals surface area contributed by atoms with E-state index in [1.165, 1.54) is 11.8 Å². The van der Waals surface area contributed by atoms with Gasteiger partial charge in [0.15, 0.2) is 11.4 Å². The van der Waals surface area contributed by atoms with E-state index in [4.69, 9.17) is 16.0 Å². The first-order valence-electron chi connectivity index (χ1n) is 4.29. The summed E-state index contributed by atoms with van der Waals surface area (Å²) in [4.78, 5) is 15.7. The van der Waals surface area contributed by atoms with Gasteiger partial charge in [0.2, 0.25) is 0 Å². The van der Waals surface area contributed by atoms with Crippen molar-refractivity contribution in [1.29, 1.82) is 0 Å². The van der Waals surface area contributed by atoms with Crippen LogP contribution in [0.2, 0.25) is 0 Å². The van der Waals surface area contributed by atoms with Crippen LogP contribution in [-0.2, 0) is 0 Å². The molecule has 0 amide bonds. The van der Waals surface area contributed by atoms with Gasteiger partial charge in [-0.05, 0) is 18.4 Å². The van der Waals surface area contributed by atoms with Crippen molar-refractivity contribution in [3.63, 3.8) is 0 Å². The molecule has 0 bridgehead atoms. The van der Waals surface area contributed by atoms with E-state index in [1.54, 1.807) is 12.1 Å². The molecule has 0 saturated carbocycles. The molecule has 1 heterocycles. The second kappa shape index (κ2) is 4.24. The highest BCUT2D eigenvalue weighted by molar-refractivity contribution is 7.98. The molecule has 3 nitrogen and oxygen atoms in total. The number of Topliss-reactive ketones (excluding diaryl/α,β-unsaturated/α-hetero) is 1. The first-order chi connectivity index (χ1) is 7.26. The topological polar surface area (TPSA) is 43.1 Å². The van der Waals surface area contributed by atoms with E-state index in [1.807, 2.05) is 12.3 Å². The number of ketones is 1. The number of carbonyl (C=O) groups is 1. The van der Waals surface area contributed by atoms with E-state index in [2.05, 4.69) is 4.98 Å². The predicted octanol–water partition coefficient (Wildman–Crippen LogP) is 2.97. The van der Waals surface area contributed by atoms with Crippen molar-refractivity contribution >= 4 is 40.2 Å². The van der Waals surface area contributed by atoms with E-state index in [0.29, 0.717) is 21.9 Å². The number of hydrogen-bond acceptors (Lipinski definition) is 4. The number of alkyl halides is 1. The Kier molecular flexibility index (Phi) is 2.98. The molecule has 0 aliphatic rings. The van der Waals surface area contributed by atoms with Crippen LogP contribution in [-0.4, -0.2) is 22.9 Å². The molecule has 2 aromatic rings. The number of halogens is 1. The van der Waals surface area contributed by atoms with Crippen molar-refractivity contribution in [3.8, 4) is 0 Å². The first-order valence-corrected chi connectivity index (χ1v) is 6.05. The van der Waals surface area contributed by atoms with Crippen molar-refractivity contribution < 1.29 is 9.21 Å². The van der Waals surface area contributed by atoms with Crippen molar-refractivity contribution in [2.24, 2.45) is 0 Å². The second-order valence-corrected chi connectivity index (χ2v) is 3.92. The van der Waals surface area contributed by atoms with Gasteiger partial charge in [-0.25, -0.2) is 4.98 Å². The maximum Gasteiger partial charge on any atom is 0.256 e. The van der Waals surface area contributed by atoms with Crippen LogP contribution >= 0.6 is 23.4 Å². The lowest BCUT2D eigenvalue weighted by atomic mass is 10.1. The molecule has 0 atom stereocenters. The summed E-state index contributed by atoms with van der Waals surface area (Å²) in [7, 11) is 0. The number of thioether (sulfide) groups is 1. The Morgan fingerprint density at radius 2 is 2.40 bits per heavy atom. The Morgan fingerprint density at radius 3 is 3.07 bits per heavy atom. The number of oxazole rings is 1. The molecule has 5 heteroatoms. The summed E-state index contributed by atoms with van der Waals surface area (Å²) < 4.78 is 5.44. The molecule has 0 radical (unpaired) electrons. The molecule has 0 N–H and O–H groups in total. The lowest BCUT2D eigenvalue weighted by molar-refractivity contribution is 0.102. The number of benzene rings is 1. The number of nitrogens with zero attached hydrogens (tertiary/aromatic N) is 1. The maximum atomic E-state index is 11.5. The molecule has 78 valence electrons. The van der Waals surface area contributed by atoms with Crippen LogP contribution in [0.15, 0.2) is 27.8 Å². The van der Waals surface area contributed by atoms with Crippen LogP contribution in [0.4, 0.5) is 0 Å². The van der Waals surface area contributed by atoms with Crippen molar-refractivity contribution in [2.75, 3.05) is 12.1 Å². The van der Waals surface area contributed by atoms with E-state index >= 15 is 0 Å². The van der Waals surface area contributed by atoms with Gasteiger partial charge in [0.05, 0.1) is 11.4 Å². The largest absolute Gasteiger partial charge is 0.431 e. The normalized spacial score (nSPS) is 10.8. The van der Waals surface area contributed by atoms with Gasteiger partial charge in [0.1, 0.15) is 5.52 Å². The maximum absolute atomic E-state index is 11.5. The summed E-state index contributed by atoms with van der Waals surface area (Å²) in [5.41, 5.74) is 1.71. The van der Waals surface area contributed by atoms with Gasteiger partial charge in [0.25, 0.3) is 5.22 Å². The van der Waals surface area contributed by atoms with Crippen LogP contribution in [0.3, 0.4) is 0 Å². The predicted molar refractivity (Wildman–Crippen MR) is 60.8 cm³/mol. The van der Waals surface area contributed by atoms with Crippen molar-refractivity contribution in [1.82, 2.24) is 4.98 Å². The van der Waals surface area contributed by atoms with Gasteiger partial charge in [-0.1, -0.05) is 17.8 Å². The number of para-hydroxylation sites is 1. The van der Waals surface area contributed by atoms with Crippen molar-refractivity contribution in [2.45, 2.75) is 5.22 Å². The van der Waals surface area contributed by atoms with Crippen LogP contribution in [0.1, 0.15) is 10.4 Å². The smallest absolute Gasteiger partial charge is 0.256 e. The molecule has 0 aliphatic heterocycles. The zero-order chi connectivity index (χ0) is 10.8. The molecule has 0 saturated heterocycles. The molecule has 0 aliphatic carbocycles. The molecule has 1 aromatic heterocycles. The summed E-state index contributed by atoms with van der Waals surface area (Å²) in [6, 6.07) is 5.28. The van der Waals surface area contributed by atoms with Crippen LogP contribution in [0.5, 0.6) is 0 Å². The highest BCUT2D eigenvalue weighted by atomic mass is 35.5. The summed E-state index contributed by atoms with van der Waals surface area (Å²) in [6.45, 7) is 0. The summed E-state index contributed by atoms with van der Waals surface area (Å²) in [5, 5.41) is 0.555. The Hall–Kier alpha value is -1.00. The molecular weight excluding hydrogens is 234 g/mol. The minimum atomic E-state index is -0.147. The van der Waals surface area contributed by atoms with Gasteiger partial charge in [-0.15, -0.1) is 11.6 Å². The van der Waals surface area contributed by atoms with Gasteiger partial charge in [-0.2, -0.15) is 0 Å². The van der Waals surface area contributed by atoms with Gasteiger partial charge in [-0.3, -0.25) is 4.79 Å². The third kappa shape index (κ3) is 1.87. The molecular formula is C10H8ClNO2S. The summed E-state index contributed by atoms with van der Waals surface area (Å²) >= 11 is 6.91. The number of fused-ring (bicyclic) bond motifs is 1. The van der Waals surface area contributed by atoms with E-state index < -0.39 is 0 Å². The van der Waals surface area contributed by atoms with Crippen molar-refractivity contribution in [3.05, 3.63) is 23.8 Å². The zero-order valence-corrected chi connectivity index (χ0v) is 9.56. The number of carbonyl (C=O) groups excluding carboxylic acids is 1. The SMILES string of the molecule is CSc1nc2cccc(C(=O)CCl)c2o1. The average molecular weight is 242 g/mol. The monoisotopic (exact) mass is 241 g/mol. The Bertz CT molecular complexity index is 509. The third-order valence-corrected chi connectivity index (χ3v) is 2.76. The lowest BCUT2D eigenvalue weighted by Crippen LogP contribution is -1.99. The van der Waals surface area contributed by atoms with Gasteiger partial charge < -0.3 is 4.42 Å². The standard InChI is InChI=1S/C10H8ClNO2S/c1-15-10-12-7-4-2-3-6(8(13)5-11)9(7)14-10/h2-4H,5H2,1H3. The fourth-order valence-electron chi connectivity index (χ4n) is 1.31. The minimum absolute atomic E-state index is 0.0472. The van der Waals surface area contributed by atoms with E-state index in [9.17, 15) is 4.79 Å². The quantitative estimate of drug-likeness (QED) is 0.471. The Labute approximate surface area is 95.8 Å². The number of aromatic nitrogens is 1. The van der Waals surface area contributed by atoms with E-state index in [0.717, 1.165) is 0 Å². The van der Waals surface area contributed by atoms with Crippen LogP contribution < -0.4 is 0 Å². The molecule has 2 rings (SSSR count). The highest BCUT2D eigenvalue weighted by Gasteiger charge is 2.13. The van der Waals surface area contributed by atoms with E-state index in [-0.39, 0.29) is 11.7 Å². The fourth-order valence-corrected chi connectivity index (χ4v) is 1.81. The Balaban J connectivity index is 2.64.